The maximum Gasteiger partial charge on any atom is 0.239 e. The zero-order valence-electron chi connectivity index (χ0n) is 17.3. The maximum absolute atomic E-state index is 13.0. The first-order valence-corrected chi connectivity index (χ1v) is 11.9. The van der Waals surface area contributed by atoms with Gasteiger partial charge in [0.25, 0.3) is 0 Å². The first-order chi connectivity index (χ1) is 13.3. The molecule has 0 bridgehead atoms. The summed E-state index contributed by atoms with van der Waals surface area (Å²) >= 11 is 0. The Bertz CT molecular complexity index is 750. The zero-order valence-corrected chi connectivity index (χ0v) is 18.1. The van der Waals surface area contributed by atoms with E-state index in [4.69, 9.17) is 0 Å². The summed E-state index contributed by atoms with van der Waals surface area (Å²) in [4.78, 5) is 17.1. The summed E-state index contributed by atoms with van der Waals surface area (Å²) in [5, 5.41) is 0. The summed E-state index contributed by atoms with van der Waals surface area (Å²) in [7, 11) is -3.33. The Kier molecular flexibility index (Phi) is 6.78. The summed E-state index contributed by atoms with van der Waals surface area (Å²) in [5.41, 5.74) is 0.807. The normalized spacial score (nSPS) is 26.2. The highest BCUT2D eigenvalue weighted by Gasteiger charge is 2.34. The minimum absolute atomic E-state index is 0.0336. The number of nitrogens with zero attached hydrogens (tertiary/aromatic N) is 3. The first kappa shape index (κ1) is 21.3. The second kappa shape index (κ2) is 8.93. The molecule has 2 heterocycles. The number of rotatable bonds is 5. The third kappa shape index (κ3) is 5.13. The van der Waals surface area contributed by atoms with Crippen LogP contribution in [0.5, 0.6) is 0 Å². The molecule has 1 aromatic carbocycles. The standard InChI is InChI=1S/C21H33N3O3S/c1-17-13-18(2)15-23(14-17)21(25)19(3)22-9-11-24(12-10-22)28(26,27)16-20-7-5-4-6-8-20/h4-8,17-19H,9-16H2,1-3H3/t17-,18-,19+/m0/s1. The van der Waals surface area contributed by atoms with Crippen LogP contribution in [0, 0.1) is 11.8 Å². The van der Waals surface area contributed by atoms with Crippen molar-refractivity contribution in [3.63, 3.8) is 0 Å². The van der Waals surface area contributed by atoms with Gasteiger partial charge in [-0.3, -0.25) is 9.69 Å². The fourth-order valence-electron chi connectivity index (χ4n) is 4.51. The van der Waals surface area contributed by atoms with Crippen molar-refractivity contribution in [3.8, 4) is 0 Å². The Balaban J connectivity index is 1.55. The van der Waals surface area contributed by atoms with Gasteiger partial charge in [0.15, 0.2) is 0 Å². The molecule has 0 aromatic heterocycles. The Labute approximate surface area is 169 Å². The number of likely N-dealkylation sites (tertiary alicyclic amines) is 1. The van der Waals surface area contributed by atoms with E-state index in [2.05, 4.69) is 18.7 Å². The van der Waals surface area contributed by atoms with E-state index < -0.39 is 10.0 Å². The molecule has 156 valence electrons. The van der Waals surface area contributed by atoms with Crippen molar-refractivity contribution in [2.24, 2.45) is 11.8 Å². The number of piperidine rings is 1. The molecular weight excluding hydrogens is 374 g/mol. The highest BCUT2D eigenvalue weighted by atomic mass is 32.2. The SMILES string of the molecule is C[C@H]1C[C@H](C)CN(C(=O)[C@@H](C)N2CCN(S(=O)(=O)Cc3ccccc3)CC2)C1. The van der Waals surface area contributed by atoms with Crippen molar-refractivity contribution in [2.45, 2.75) is 39.0 Å². The number of amides is 1. The van der Waals surface area contributed by atoms with E-state index in [0.29, 0.717) is 38.0 Å². The number of hydrogen-bond acceptors (Lipinski definition) is 4. The molecule has 0 spiro atoms. The van der Waals surface area contributed by atoms with Gasteiger partial charge < -0.3 is 4.90 Å². The Morgan fingerprint density at radius 2 is 1.61 bits per heavy atom. The predicted molar refractivity (Wildman–Crippen MR) is 111 cm³/mol. The van der Waals surface area contributed by atoms with Gasteiger partial charge in [-0.25, -0.2) is 8.42 Å². The molecule has 2 fully saturated rings. The number of piperazine rings is 1. The second-order valence-electron chi connectivity index (χ2n) is 8.54. The van der Waals surface area contributed by atoms with Crippen LogP contribution in [-0.2, 0) is 20.6 Å². The molecule has 3 rings (SSSR count). The van der Waals surface area contributed by atoms with Crippen molar-refractivity contribution in [1.82, 2.24) is 14.1 Å². The summed E-state index contributed by atoms with van der Waals surface area (Å²) < 4.78 is 27.0. The number of carbonyl (C=O) groups excluding carboxylic acids is 1. The molecular formula is C21H33N3O3S. The lowest BCUT2D eigenvalue weighted by Gasteiger charge is -2.41. The van der Waals surface area contributed by atoms with Crippen LogP contribution in [0.3, 0.4) is 0 Å². The first-order valence-electron chi connectivity index (χ1n) is 10.3. The van der Waals surface area contributed by atoms with Gasteiger partial charge >= 0.3 is 0 Å². The Hall–Kier alpha value is -1.44. The fourth-order valence-corrected chi connectivity index (χ4v) is 6.02. The van der Waals surface area contributed by atoms with Gasteiger partial charge in [0, 0.05) is 39.3 Å². The summed E-state index contributed by atoms with van der Waals surface area (Å²) in [5.74, 6) is 1.30. The number of carbonyl (C=O) groups is 1. The molecule has 0 unspecified atom stereocenters. The van der Waals surface area contributed by atoms with Gasteiger partial charge in [0.2, 0.25) is 15.9 Å². The quantitative estimate of drug-likeness (QED) is 0.749. The zero-order chi connectivity index (χ0) is 20.3. The monoisotopic (exact) mass is 407 g/mol. The van der Waals surface area contributed by atoms with Crippen molar-refractivity contribution in [2.75, 3.05) is 39.3 Å². The largest absolute Gasteiger partial charge is 0.341 e. The Morgan fingerprint density at radius 1 is 1.04 bits per heavy atom. The lowest BCUT2D eigenvalue weighted by atomic mass is 9.91. The average molecular weight is 408 g/mol. The second-order valence-corrected chi connectivity index (χ2v) is 10.5. The van der Waals surface area contributed by atoms with Crippen molar-refractivity contribution < 1.29 is 13.2 Å². The third-order valence-electron chi connectivity index (χ3n) is 5.94. The van der Waals surface area contributed by atoms with E-state index >= 15 is 0 Å². The van der Waals surface area contributed by atoms with Crippen LogP contribution < -0.4 is 0 Å². The van der Waals surface area contributed by atoms with E-state index in [0.717, 1.165) is 18.7 Å². The van der Waals surface area contributed by atoms with Gasteiger partial charge in [-0.05, 0) is 30.7 Å². The summed E-state index contributed by atoms with van der Waals surface area (Å²) in [6.07, 6.45) is 1.18. The fraction of sp³-hybridized carbons (Fsp3) is 0.667. The molecule has 2 saturated heterocycles. The van der Waals surface area contributed by atoms with Crippen LogP contribution in [0.2, 0.25) is 0 Å². The van der Waals surface area contributed by atoms with Gasteiger partial charge in [0.05, 0.1) is 11.8 Å². The van der Waals surface area contributed by atoms with Crippen molar-refractivity contribution in [1.29, 1.82) is 0 Å². The van der Waals surface area contributed by atoms with Crippen molar-refractivity contribution in [3.05, 3.63) is 35.9 Å². The molecule has 6 nitrogen and oxygen atoms in total. The number of sulfonamides is 1. The molecule has 0 N–H and O–H groups in total. The van der Waals surface area contributed by atoms with Gasteiger partial charge in [-0.1, -0.05) is 44.2 Å². The third-order valence-corrected chi connectivity index (χ3v) is 7.79. The average Bonchev–Trinajstić information content (AvgIpc) is 2.66. The smallest absolute Gasteiger partial charge is 0.239 e. The summed E-state index contributed by atoms with van der Waals surface area (Å²) in [6, 6.07) is 9.09. The molecule has 0 aliphatic carbocycles. The van der Waals surface area contributed by atoms with E-state index in [1.54, 1.807) is 4.31 Å². The lowest BCUT2D eigenvalue weighted by Crippen LogP contribution is -2.57. The van der Waals surface area contributed by atoms with E-state index in [9.17, 15) is 13.2 Å². The maximum atomic E-state index is 13.0. The molecule has 0 radical (unpaired) electrons. The van der Waals surface area contributed by atoms with E-state index in [1.165, 1.54) is 6.42 Å². The number of benzene rings is 1. The van der Waals surface area contributed by atoms with Crippen LogP contribution in [-0.4, -0.2) is 73.7 Å². The Morgan fingerprint density at radius 3 is 2.18 bits per heavy atom. The van der Waals surface area contributed by atoms with Crippen molar-refractivity contribution >= 4 is 15.9 Å². The van der Waals surface area contributed by atoms with Gasteiger partial charge in [0.1, 0.15) is 0 Å². The van der Waals surface area contributed by atoms with Gasteiger partial charge in [-0.15, -0.1) is 0 Å². The highest BCUT2D eigenvalue weighted by molar-refractivity contribution is 7.88. The lowest BCUT2D eigenvalue weighted by molar-refractivity contribution is -0.139. The minimum atomic E-state index is -3.33. The van der Waals surface area contributed by atoms with Crippen LogP contribution in [0.15, 0.2) is 30.3 Å². The molecule has 2 aliphatic rings. The highest BCUT2D eigenvalue weighted by Crippen LogP contribution is 2.23. The molecule has 7 heteroatoms. The summed E-state index contributed by atoms with van der Waals surface area (Å²) in [6.45, 7) is 10.1. The van der Waals surface area contributed by atoms with Crippen LogP contribution in [0.25, 0.3) is 0 Å². The number of hydrogen-bond donors (Lipinski definition) is 0. The molecule has 1 aromatic rings. The van der Waals surface area contributed by atoms with E-state index in [1.807, 2.05) is 42.2 Å². The minimum Gasteiger partial charge on any atom is -0.341 e. The van der Waals surface area contributed by atoms with Crippen LogP contribution >= 0.6 is 0 Å². The van der Waals surface area contributed by atoms with E-state index in [-0.39, 0.29) is 17.7 Å². The molecule has 28 heavy (non-hydrogen) atoms. The molecule has 1 amide bonds. The van der Waals surface area contributed by atoms with Gasteiger partial charge in [-0.2, -0.15) is 4.31 Å². The topological polar surface area (TPSA) is 60.9 Å². The molecule has 3 atom stereocenters. The van der Waals surface area contributed by atoms with Crippen LogP contribution in [0.4, 0.5) is 0 Å². The molecule has 2 aliphatic heterocycles. The van der Waals surface area contributed by atoms with Crippen LogP contribution in [0.1, 0.15) is 32.8 Å². The predicted octanol–water partition coefficient (Wildman–Crippen LogP) is 2.03. The molecule has 0 saturated carbocycles.